The molecule has 0 bridgehead atoms. The second-order valence-electron chi connectivity index (χ2n) is 6.13. The van der Waals surface area contributed by atoms with Gasteiger partial charge in [0, 0.05) is 6.54 Å². The quantitative estimate of drug-likeness (QED) is 0.739. The van der Waals surface area contributed by atoms with Crippen LogP contribution in [0.25, 0.3) is 0 Å². The zero-order valence-corrected chi connectivity index (χ0v) is 13.7. The lowest BCUT2D eigenvalue weighted by Gasteiger charge is -2.30. The number of benzene rings is 1. The number of likely N-dealkylation sites (tertiary alicyclic amines) is 1. The predicted octanol–water partition coefficient (Wildman–Crippen LogP) is 5.15. The average Bonchev–Trinajstić information content (AvgIpc) is 2.43. The highest BCUT2D eigenvalue weighted by Crippen LogP contribution is 2.25. The van der Waals surface area contributed by atoms with E-state index >= 15 is 0 Å². The average molecular weight is 279 g/mol. The number of hydrogen-bond acceptors (Lipinski definition) is 1. The van der Waals surface area contributed by atoms with E-state index in [-0.39, 0.29) is 0 Å². The monoisotopic (exact) mass is 279 g/mol. The molecule has 0 saturated carbocycles. The van der Waals surface area contributed by atoms with Crippen molar-refractivity contribution >= 4 is 0 Å². The highest BCUT2D eigenvalue weighted by Gasteiger charge is 2.19. The van der Waals surface area contributed by atoms with Crippen LogP contribution in [0.3, 0.4) is 0 Å². The lowest BCUT2D eigenvalue weighted by Crippen LogP contribution is -2.32. The summed E-state index contributed by atoms with van der Waals surface area (Å²) in [7, 11) is 0. The van der Waals surface area contributed by atoms with E-state index in [2.05, 4.69) is 24.0 Å². The molecule has 0 amide bonds. The van der Waals surface area contributed by atoms with Crippen molar-refractivity contribution in [2.75, 3.05) is 13.1 Å². The molecular formula is C18H30FN. The van der Waals surface area contributed by atoms with Gasteiger partial charge in [0.2, 0.25) is 0 Å². The summed E-state index contributed by atoms with van der Waals surface area (Å²) in [5, 5.41) is 0. The Bertz CT molecular complexity index is 369. The molecule has 1 heterocycles. The second kappa shape index (κ2) is 7.78. The van der Waals surface area contributed by atoms with Crippen molar-refractivity contribution in [2.24, 2.45) is 5.92 Å². The summed E-state index contributed by atoms with van der Waals surface area (Å²) in [4.78, 5) is 2.50. The standard InChI is InChI=1S/C16H24FN.C2H6/c1-13-8-10-18(11-9-13)12-14-4-6-15(7-5-14)16(2,3)17;1-2/h4-7,13H,8-12H2,1-3H3;1-2H3. The normalized spacial score (nSPS) is 17.5. The maximum absolute atomic E-state index is 13.7. The first kappa shape index (κ1) is 17.2. The highest BCUT2D eigenvalue weighted by atomic mass is 19.1. The third kappa shape index (κ3) is 5.24. The van der Waals surface area contributed by atoms with Gasteiger partial charge in [0.25, 0.3) is 0 Å². The van der Waals surface area contributed by atoms with Crippen molar-refractivity contribution in [3.05, 3.63) is 35.4 Å². The summed E-state index contributed by atoms with van der Waals surface area (Å²) in [5.74, 6) is 0.871. The van der Waals surface area contributed by atoms with E-state index < -0.39 is 5.67 Å². The Morgan fingerprint density at radius 1 is 1.10 bits per heavy atom. The molecule has 0 unspecified atom stereocenters. The lowest BCUT2D eigenvalue weighted by atomic mass is 9.97. The van der Waals surface area contributed by atoms with Gasteiger partial charge < -0.3 is 0 Å². The van der Waals surface area contributed by atoms with Gasteiger partial charge in [0.05, 0.1) is 0 Å². The third-order valence-corrected chi connectivity index (χ3v) is 3.92. The van der Waals surface area contributed by atoms with Gasteiger partial charge in [-0.05, 0) is 56.8 Å². The molecule has 1 aromatic carbocycles. The van der Waals surface area contributed by atoms with Gasteiger partial charge in [-0.3, -0.25) is 4.90 Å². The summed E-state index contributed by atoms with van der Waals surface area (Å²) in [6, 6.07) is 7.97. The van der Waals surface area contributed by atoms with Crippen molar-refractivity contribution in [1.82, 2.24) is 4.90 Å². The first-order valence-electron chi connectivity index (χ1n) is 7.96. The van der Waals surface area contributed by atoms with E-state index in [1.807, 2.05) is 26.0 Å². The van der Waals surface area contributed by atoms with Crippen LogP contribution in [0.2, 0.25) is 0 Å². The molecule has 1 aliphatic heterocycles. The molecule has 1 fully saturated rings. The maximum atomic E-state index is 13.7. The first-order chi connectivity index (χ1) is 9.45. The molecule has 0 aliphatic carbocycles. The maximum Gasteiger partial charge on any atom is 0.130 e. The first-order valence-corrected chi connectivity index (χ1v) is 7.96. The lowest BCUT2D eigenvalue weighted by molar-refractivity contribution is 0.185. The number of rotatable bonds is 3. The van der Waals surface area contributed by atoms with Crippen LogP contribution in [0, 0.1) is 5.92 Å². The molecule has 2 rings (SSSR count). The fraction of sp³-hybridized carbons (Fsp3) is 0.667. The van der Waals surface area contributed by atoms with Gasteiger partial charge in [-0.25, -0.2) is 4.39 Å². The van der Waals surface area contributed by atoms with E-state index in [1.165, 1.54) is 31.5 Å². The Morgan fingerprint density at radius 3 is 2.05 bits per heavy atom. The SMILES string of the molecule is CC.CC1CCN(Cc2ccc(C(C)(C)F)cc2)CC1. The number of piperidine rings is 1. The molecule has 2 heteroatoms. The number of nitrogens with zero attached hydrogens (tertiary/aromatic N) is 1. The van der Waals surface area contributed by atoms with Crippen LogP contribution in [0.4, 0.5) is 4.39 Å². The molecule has 20 heavy (non-hydrogen) atoms. The van der Waals surface area contributed by atoms with Gasteiger partial charge in [-0.15, -0.1) is 0 Å². The van der Waals surface area contributed by atoms with Crippen molar-refractivity contribution in [3.63, 3.8) is 0 Å². The van der Waals surface area contributed by atoms with Crippen molar-refractivity contribution < 1.29 is 4.39 Å². The highest BCUT2D eigenvalue weighted by molar-refractivity contribution is 5.26. The van der Waals surface area contributed by atoms with Crippen molar-refractivity contribution in [2.45, 2.75) is 59.7 Å². The number of alkyl halides is 1. The van der Waals surface area contributed by atoms with E-state index in [0.29, 0.717) is 0 Å². The summed E-state index contributed by atoms with van der Waals surface area (Å²) >= 11 is 0. The van der Waals surface area contributed by atoms with Crippen molar-refractivity contribution in [3.8, 4) is 0 Å². The molecule has 1 aliphatic rings. The Balaban J connectivity index is 0.000000956. The third-order valence-electron chi connectivity index (χ3n) is 3.92. The van der Waals surface area contributed by atoms with E-state index in [0.717, 1.165) is 18.0 Å². The molecule has 0 spiro atoms. The minimum atomic E-state index is -1.24. The van der Waals surface area contributed by atoms with Gasteiger partial charge in [-0.1, -0.05) is 45.0 Å². The Hall–Kier alpha value is -0.890. The molecule has 1 nitrogen and oxygen atoms in total. The second-order valence-corrected chi connectivity index (χ2v) is 6.13. The fourth-order valence-electron chi connectivity index (χ4n) is 2.48. The zero-order valence-electron chi connectivity index (χ0n) is 13.7. The van der Waals surface area contributed by atoms with Crippen LogP contribution in [0.5, 0.6) is 0 Å². The van der Waals surface area contributed by atoms with Crippen LogP contribution in [0.1, 0.15) is 58.6 Å². The molecular weight excluding hydrogens is 249 g/mol. The molecule has 114 valence electrons. The van der Waals surface area contributed by atoms with E-state index in [4.69, 9.17) is 0 Å². The minimum Gasteiger partial charge on any atom is -0.299 e. The smallest absolute Gasteiger partial charge is 0.130 e. The summed E-state index contributed by atoms with van der Waals surface area (Å²) in [6.07, 6.45) is 2.60. The molecule has 0 atom stereocenters. The fourth-order valence-corrected chi connectivity index (χ4v) is 2.48. The zero-order chi connectivity index (χ0) is 15.2. The van der Waals surface area contributed by atoms with Crippen molar-refractivity contribution in [1.29, 1.82) is 0 Å². The van der Waals surface area contributed by atoms with Crippen LogP contribution in [-0.2, 0) is 12.2 Å². The topological polar surface area (TPSA) is 3.24 Å². The van der Waals surface area contributed by atoms with Gasteiger partial charge in [0.1, 0.15) is 5.67 Å². The summed E-state index contributed by atoms with van der Waals surface area (Å²) < 4.78 is 13.7. The molecule has 1 aromatic rings. The Labute approximate surface area is 124 Å². The van der Waals surface area contributed by atoms with Crippen LogP contribution in [-0.4, -0.2) is 18.0 Å². The number of hydrogen-bond donors (Lipinski definition) is 0. The predicted molar refractivity (Wildman–Crippen MR) is 85.6 cm³/mol. The summed E-state index contributed by atoms with van der Waals surface area (Å²) in [5.41, 5.74) is 0.815. The van der Waals surface area contributed by atoms with Gasteiger partial charge in [-0.2, -0.15) is 0 Å². The minimum absolute atomic E-state index is 0.763. The molecule has 1 saturated heterocycles. The Kier molecular flexibility index (Phi) is 6.67. The van der Waals surface area contributed by atoms with Crippen LogP contribution < -0.4 is 0 Å². The van der Waals surface area contributed by atoms with Crippen LogP contribution >= 0.6 is 0 Å². The van der Waals surface area contributed by atoms with E-state index in [9.17, 15) is 4.39 Å². The molecule has 0 aromatic heterocycles. The van der Waals surface area contributed by atoms with Crippen LogP contribution in [0.15, 0.2) is 24.3 Å². The summed E-state index contributed by atoms with van der Waals surface area (Å²) in [6.45, 7) is 12.9. The van der Waals surface area contributed by atoms with Gasteiger partial charge in [0.15, 0.2) is 0 Å². The van der Waals surface area contributed by atoms with Gasteiger partial charge >= 0.3 is 0 Å². The largest absolute Gasteiger partial charge is 0.299 e. The molecule has 0 radical (unpaired) electrons. The molecule has 0 N–H and O–H groups in total. The number of halogens is 1. The Morgan fingerprint density at radius 2 is 1.60 bits per heavy atom. The van der Waals surface area contributed by atoms with E-state index in [1.54, 1.807) is 13.8 Å².